The van der Waals surface area contributed by atoms with Crippen LogP contribution in [0, 0.1) is 0 Å². The molecule has 0 aliphatic heterocycles. The minimum absolute atomic E-state index is 0.155. The zero-order valence-electron chi connectivity index (χ0n) is 6.32. The molecule has 1 aromatic heterocycles. The maximum absolute atomic E-state index is 8.52. The number of aliphatic hydroxyl groups excluding tert-OH is 1. The van der Waals surface area contributed by atoms with E-state index in [2.05, 4.69) is 14.9 Å². The van der Waals surface area contributed by atoms with Crippen LogP contribution in [0.1, 0.15) is 18.7 Å². The van der Waals surface area contributed by atoms with Crippen molar-refractivity contribution in [1.82, 2.24) is 14.9 Å². The molecule has 0 aliphatic rings. The fourth-order valence-electron chi connectivity index (χ4n) is 0.746. The molecule has 0 saturated heterocycles. The summed E-state index contributed by atoms with van der Waals surface area (Å²) in [7, 11) is 0. The minimum Gasteiger partial charge on any atom is -0.395 e. The summed E-state index contributed by atoms with van der Waals surface area (Å²) in [5.74, 6) is 0. The van der Waals surface area contributed by atoms with Gasteiger partial charge in [-0.05, 0) is 18.5 Å². The largest absolute Gasteiger partial charge is 0.395 e. The van der Waals surface area contributed by atoms with E-state index in [1.54, 1.807) is 0 Å². The first kappa shape index (κ1) is 8.58. The van der Waals surface area contributed by atoms with Crippen molar-refractivity contribution in [3.63, 3.8) is 0 Å². The molecule has 0 amide bonds. The highest BCUT2D eigenvalue weighted by molar-refractivity contribution is 7.03. The zero-order chi connectivity index (χ0) is 8.10. The van der Waals surface area contributed by atoms with Gasteiger partial charge in [0.2, 0.25) is 0 Å². The number of aliphatic hydroxyl groups is 1. The van der Waals surface area contributed by atoms with Crippen molar-refractivity contribution < 1.29 is 5.11 Å². The molecule has 0 aromatic carbocycles. The Hall–Kier alpha value is -0.520. The van der Waals surface area contributed by atoms with Gasteiger partial charge in [0.15, 0.2) is 0 Å². The van der Waals surface area contributed by atoms with Crippen LogP contribution < -0.4 is 5.32 Å². The maximum Gasteiger partial charge on any atom is 0.0921 e. The van der Waals surface area contributed by atoms with Crippen LogP contribution in [0.5, 0.6) is 0 Å². The Bertz CT molecular complexity index is 190. The van der Waals surface area contributed by atoms with Gasteiger partial charge in [0.25, 0.3) is 0 Å². The van der Waals surface area contributed by atoms with Gasteiger partial charge in [-0.25, -0.2) is 0 Å². The molecule has 1 heterocycles. The van der Waals surface area contributed by atoms with Crippen LogP contribution in [-0.4, -0.2) is 27.8 Å². The first-order valence-corrected chi connectivity index (χ1v) is 4.29. The smallest absolute Gasteiger partial charge is 0.0921 e. The fraction of sp³-hybridized carbons (Fsp3) is 0.667. The van der Waals surface area contributed by atoms with Crippen molar-refractivity contribution in [1.29, 1.82) is 0 Å². The molecule has 0 bridgehead atoms. The average molecular weight is 173 g/mol. The van der Waals surface area contributed by atoms with Crippen molar-refractivity contribution in [2.75, 3.05) is 13.2 Å². The minimum atomic E-state index is 0.155. The SMILES string of the molecule is CC(NCCO)c1csnn1. The molecular formula is C6H11N3OS. The Morgan fingerprint density at radius 2 is 2.64 bits per heavy atom. The van der Waals surface area contributed by atoms with Gasteiger partial charge >= 0.3 is 0 Å². The lowest BCUT2D eigenvalue weighted by molar-refractivity contribution is 0.286. The number of hydrogen-bond donors (Lipinski definition) is 2. The number of hydrogen-bond acceptors (Lipinski definition) is 5. The van der Waals surface area contributed by atoms with Gasteiger partial charge < -0.3 is 10.4 Å². The number of nitrogens with zero attached hydrogens (tertiary/aromatic N) is 2. The Balaban J connectivity index is 2.36. The molecule has 2 N–H and O–H groups in total. The van der Waals surface area contributed by atoms with E-state index in [0.29, 0.717) is 6.54 Å². The predicted molar refractivity (Wildman–Crippen MR) is 43.4 cm³/mol. The summed E-state index contributed by atoms with van der Waals surface area (Å²) >= 11 is 1.34. The van der Waals surface area contributed by atoms with Gasteiger partial charge in [0, 0.05) is 18.0 Å². The van der Waals surface area contributed by atoms with Crippen LogP contribution in [-0.2, 0) is 0 Å². The van der Waals surface area contributed by atoms with Crippen molar-refractivity contribution in [3.8, 4) is 0 Å². The van der Waals surface area contributed by atoms with Gasteiger partial charge in [-0.15, -0.1) is 5.10 Å². The molecular weight excluding hydrogens is 162 g/mol. The molecule has 5 heteroatoms. The molecule has 0 aliphatic carbocycles. The quantitative estimate of drug-likeness (QED) is 0.682. The molecule has 1 rings (SSSR count). The molecule has 62 valence electrons. The summed E-state index contributed by atoms with van der Waals surface area (Å²) in [5, 5.41) is 17.4. The third-order valence-corrected chi connectivity index (χ3v) is 1.91. The standard InChI is InChI=1S/C6H11N3OS/c1-5(7-2-3-10)6-4-11-9-8-6/h4-5,7,10H,2-3H2,1H3. The Labute approximate surface area is 69.4 Å². The molecule has 0 fully saturated rings. The molecule has 0 saturated carbocycles. The van der Waals surface area contributed by atoms with Crippen molar-refractivity contribution in [2.24, 2.45) is 0 Å². The summed E-state index contributed by atoms with van der Waals surface area (Å²) in [4.78, 5) is 0. The third-order valence-electron chi connectivity index (χ3n) is 1.38. The maximum atomic E-state index is 8.52. The van der Waals surface area contributed by atoms with Crippen LogP contribution in [0.3, 0.4) is 0 Å². The van der Waals surface area contributed by atoms with Crippen LogP contribution in [0.2, 0.25) is 0 Å². The van der Waals surface area contributed by atoms with Gasteiger partial charge in [0.1, 0.15) is 0 Å². The van der Waals surface area contributed by atoms with Crippen LogP contribution in [0.25, 0.3) is 0 Å². The summed E-state index contributed by atoms with van der Waals surface area (Å²) in [5.41, 5.74) is 0.934. The third kappa shape index (κ3) is 2.53. The van der Waals surface area contributed by atoms with E-state index in [-0.39, 0.29) is 12.6 Å². The van der Waals surface area contributed by atoms with Crippen molar-refractivity contribution in [3.05, 3.63) is 11.1 Å². The van der Waals surface area contributed by atoms with Gasteiger partial charge in [-0.2, -0.15) is 0 Å². The van der Waals surface area contributed by atoms with E-state index in [0.717, 1.165) is 5.69 Å². The van der Waals surface area contributed by atoms with Crippen molar-refractivity contribution >= 4 is 11.5 Å². The van der Waals surface area contributed by atoms with Gasteiger partial charge in [0.05, 0.1) is 12.3 Å². The summed E-state index contributed by atoms with van der Waals surface area (Å²) in [6, 6.07) is 0.181. The van der Waals surface area contributed by atoms with E-state index >= 15 is 0 Å². The van der Waals surface area contributed by atoms with Crippen LogP contribution in [0.15, 0.2) is 5.38 Å². The number of aromatic nitrogens is 2. The lowest BCUT2D eigenvalue weighted by Crippen LogP contribution is -2.22. The second-order valence-electron chi connectivity index (χ2n) is 2.23. The summed E-state index contributed by atoms with van der Waals surface area (Å²) < 4.78 is 3.74. The van der Waals surface area contributed by atoms with E-state index in [1.807, 2.05) is 12.3 Å². The van der Waals surface area contributed by atoms with Gasteiger partial charge in [-0.3, -0.25) is 0 Å². The van der Waals surface area contributed by atoms with E-state index in [9.17, 15) is 0 Å². The van der Waals surface area contributed by atoms with E-state index in [4.69, 9.17) is 5.11 Å². The lowest BCUT2D eigenvalue weighted by atomic mass is 10.3. The molecule has 0 spiro atoms. The molecule has 1 atom stereocenters. The Kier molecular flexibility index (Phi) is 3.41. The van der Waals surface area contributed by atoms with Crippen LogP contribution in [0.4, 0.5) is 0 Å². The molecule has 0 radical (unpaired) electrons. The topological polar surface area (TPSA) is 58.0 Å². The first-order chi connectivity index (χ1) is 5.34. The molecule has 4 nitrogen and oxygen atoms in total. The molecule has 1 unspecified atom stereocenters. The molecule has 1 aromatic rings. The van der Waals surface area contributed by atoms with Crippen molar-refractivity contribution in [2.45, 2.75) is 13.0 Å². The Morgan fingerprint density at radius 1 is 1.82 bits per heavy atom. The highest BCUT2D eigenvalue weighted by atomic mass is 32.1. The second kappa shape index (κ2) is 4.38. The summed E-state index contributed by atoms with van der Waals surface area (Å²) in [6.07, 6.45) is 0. The number of nitrogens with one attached hydrogen (secondary N) is 1. The first-order valence-electron chi connectivity index (χ1n) is 3.46. The predicted octanol–water partition coefficient (Wildman–Crippen LogP) is 0.181. The number of rotatable bonds is 4. The van der Waals surface area contributed by atoms with Gasteiger partial charge in [-0.1, -0.05) is 4.49 Å². The fourth-order valence-corrected chi connectivity index (χ4v) is 1.29. The highest BCUT2D eigenvalue weighted by Crippen LogP contribution is 2.08. The van der Waals surface area contributed by atoms with Crippen LogP contribution >= 0.6 is 11.5 Å². The highest BCUT2D eigenvalue weighted by Gasteiger charge is 2.05. The molecule has 11 heavy (non-hydrogen) atoms. The normalized spacial score (nSPS) is 13.3. The second-order valence-corrected chi connectivity index (χ2v) is 2.84. The Morgan fingerprint density at radius 3 is 3.18 bits per heavy atom. The van der Waals surface area contributed by atoms with E-state index < -0.39 is 0 Å². The average Bonchev–Trinajstić information content (AvgIpc) is 2.52. The summed E-state index contributed by atoms with van der Waals surface area (Å²) in [6.45, 7) is 2.74. The monoisotopic (exact) mass is 173 g/mol. The van der Waals surface area contributed by atoms with E-state index in [1.165, 1.54) is 11.5 Å². The lowest BCUT2D eigenvalue weighted by Gasteiger charge is -2.07. The zero-order valence-corrected chi connectivity index (χ0v) is 7.14.